The smallest absolute Gasteiger partial charge is 0.216 e. The first-order chi connectivity index (χ1) is 12.2. The van der Waals surface area contributed by atoms with E-state index in [1.165, 1.54) is 23.5 Å². The number of halogens is 2. The molecule has 0 bridgehead atoms. The zero-order valence-electron chi connectivity index (χ0n) is 13.7. The quantitative estimate of drug-likeness (QED) is 0.671. The second-order valence-corrected chi connectivity index (χ2v) is 6.81. The lowest BCUT2D eigenvalue weighted by Crippen LogP contribution is -2.46. The normalized spacial score (nSPS) is 15.9. The zero-order valence-corrected chi connectivity index (χ0v) is 14.6. The first-order valence-electron chi connectivity index (χ1n) is 8.18. The van der Waals surface area contributed by atoms with Crippen molar-refractivity contribution in [3.8, 4) is 11.1 Å². The molecule has 0 aromatic carbocycles. The lowest BCUT2D eigenvalue weighted by atomic mass is 10.1. The molecule has 0 radical (unpaired) electrons. The molecular weight excluding hydrogens is 344 g/mol. The monoisotopic (exact) mass is 361 g/mol. The van der Waals surface area contributed by atoms with Crippen molar-refractivity contribution in [2.24, 2.45) is 0 Å². The van der Waals surface area contributed by atoms with Crippen molar-refractivity contribution in [1.29, 1.82) is 0 Å². The summed E-state index contributed by atoms with van der Waals surface area (Å²) in [5.74, 6) is -0.830. The number of likely N-dealkylation sites (N-methyl/N-ethyl adjacent to an activating group) is 1. The largest absolute Gasteiger partial charge is 0.353 e. The molecule has 25 heavy (non-hydrogen) atoms. The maximum atomic E-state index is 13.6. The molecule has 0 N–H and O–H groups in total. The Morgan fingerprint density at radius 3 is 2.48 bits per heavy atom. The van der Waals surface area contributed by atoms with E-state index in [4.69, 9.17) is 0 Å². The van der Waals surface area contributed by atoms with Crippen molar-refractivity contribution in [2.75, 3.05) is 37.6 Å². The average molecular weight is 361 g/mol. The third-order valence-electron chi connectivity index (χ3n) is 4.54. The van der Waals surface area contributed by atoms with E-state index in [0.717, 1.165) is 54.3 Å². The Hall–Kier alpha value is -2.19. The fourth-order valence-electron chi connectivity index (χ4n) is 3.21. The van der Waals surface area contributed by atoms with Crippen molar-refractivity contribution in [2.45, 2.75) is 6.92 Å². The van der Waals surface area contributed by atoms with E-state index in [2.05, 4.69) is 31.7 Å². The van der Waals surface area contributed by atoms with Crippen LogP contribution in [0.5, 0.6) is 0 Å². The minimum Gasteiger partial charge on any atom is -0.353 e. The molecule has 5 nitrogen and oxygen atoms in total. The second kappa shape index (κ2) is 6.61. The Bertz CT molecular complexity index is 885. The summed E-state index contributed by atoms with van der Waals surface area (Å²) < 4.78 is 27.1. The Morgan fingerprint density at radius 2 is 1.80 bits per heavy atom. The number of hydrogen-bond acceptors (Lipinski definition) is 6. The molecule has 1 fully saturated rings. The number of hydrogen-bond donors (Lipinski definition) is 0. The van der Waals surface area contributed by atoms with Gasteiger partial charge >= 0.3 is 0 Å². The third-order valence-corrected chi connectivity index (χ3v) is 5.43. The van der Waals surface area contributed by atoms with Crippen LogP contribution in [0.15, 0.2) is 23.8 Å². The van der Waals surface area contributed by atoms with Crippen LogP contribution in [0.2, 0.25) is 0 Å². The minimum atomic E-state index is -0.829. The molecule has 130 valence electrons. The van der Waals surface area contributed by atoms with Gasteiger partial charge in [0.2, 0.25) is 11.9 Å². The van der Waals surface area contributed by atoms with Gasteiger partial charge in [0, 0.05) is 49.3 Å². The highest BCUT2D eigenvalue weighted by atomic mass is 32.1. The number of aromatic nitrogens is 3. The van der Waals surface area contributed by atoms with Crippen molar-refractivity contribution >= 4 is 27.4 Å². The van der Waals surface area contributed by atoms with Crippen LogP contribution < -0.4 is 4.90 Å². The van der Waals surface area contributed by atoms with Crippen LogP contribution in [0.1, 0.15) is 6.92 Å². The van der Waals surface area contributed by atoms with Gasteiger partial charge in [-0.15, -0.1) is 11.3 Å². The predicted molar refractivity (Wildman–Crippen MR) is 94.9 cm³/mol. The standard InChI is InChI=1S/C17H17F2N5S/c1-2-23-3-5-24(6-4-23)16-15-12(9-25-17(15)21-10-20-16)11-7-13(18)22-14(19)8-11/h7-10H,2-6H2,1H3. The van der Waals surface area contributed by atoms with Gasteiger partial charge in [0.15, 0.2) is 0 Å². The molecule has 8 heteroatoms. The van der Waals surface area contributed by atoms with E-state index in [0.29, 0.717) is 5.56 Å². The van der Waals surface area contributed by atoms with Gasteiger partial charge in [-0.2, -0.15) is 13.8 Å². The highest BCUT2D eigenvalue weighted by molar-refractivity contribution is 7.17. The van der Waals surface area contributed by atoms with Gasteiger partial charge in [0.05, 0.1) is 5.39 Å². The summed E-state index contributed by atoms with van der Waals surface area (Å²) in [6, 6.07) is 2.49. The fourth-order valence-corrected chi connectivity index (χ4v) is 4.12. The molecule has 1 aliphatic rings. The van der Waals surface area contributed by atoms with Crippen LogP contribution in [0.4, 0.5) is 14.6 Å². The van der Waals surface area contributed by atoms with Crippen LogP contribution in [0.3, 0.4) is 0 Å². The minimum absolute atomic E-state index is 0.458. The molecule has 0 unspecified atom stereocenters. The summed E-state index contributed by atoms with van der Waals surface area (Å²) in [6.45, 7) is 6.87. The van der Waals surface area contributed by atoms with E-state index < -0.39 is 11.9 Å². The second-order valence-electron chi connectivity index (χ2n) is 5.95. The molecular formula is C17H17F2N5S. The average Bonchev–Trinajstić information content (AvgIpc) is 3.05. The number of pyridine rings is 1. The Morgan fingerprint density at radius 1 is 1.08 bits per heavy atom. The van der Waals surface area contributed by atoms with Crippen molar-refractivity contribution in [3.63, 3.8) is 0 Å². The van der Waals surface area contributed by atoms with Crippen LogP contribution in [0.25, 0.3) is 21.3 Å². The summed E-state index contributed by atoms with van der Waals surface area (Å²) in [7, 11) is 0. The summed E-state index contributed by atoms with van der Waals surface area (Å²) in [5.41, 5.74) is 1.20. The summed E-state index contributed by atoms with van der Waals surface area (Å²) >= 11 is 1.45. The zero-order chi connectivity index (χ0) is 17.4. The van der Waals surface area contributed by atoms with E-state index >= 15 is 0 Å². The lowest BCUT2D eigenvalue weighted by molar-refractivity contribution is 0.271. The molecule has 3 aromatic heterocycles. The van der Waals surface area contributed by atoms with Gasteiger partial charge in [0.1, 0.15) is 17.0 Å². The molecule has 1 saturated heterocycles. The molecule has 0 aliphatic carbocycles. The maximum absolute atomic E-state index is 13.6. The SMILES string of the molecule is CCN1CCN(c2ncnc3scc(-c4cc(F)nc(F)c4)c23)CC1. The number of anilines is 1. The molecule has 3 aromatic rings. The predicted octanol–water partition coefficient (Wildman–Crippen LogP) is 3.17. The van der Waals surface area contributed by atoms with E-state index in [1.807, 2.05) is 5.38 Å². The van der Waals surface area contributed by atoms with Crippen LogP contribution in [-0.2, 0) is 0 Å². The van der Waals surface area contributed by atoms with Crippen molar-refractivity contribution in [1.82, 2.24) is 19.9 Å². The fraction of sp³-hybridized carbons (Fsp3) is 0.353. The summed E-state index contributed by atoms with van der Waals surface area (Å²) in [4.78, 5) is 17.4. The number of thiophene rings is 1. The Balaban J connectivity index is 1.80. The number of piperazine rings is 1. The molecule has 0 amide bonds. The highest BCUT2D eigenvalue weighted by Crippen LogP contribution is 2.38. The van der Waals surface area contributed by atoms with Crippen molar-refractivity contribution < 1.29 is 8.78 Å². The summed E-state index contributed by atoms with van der Waals surface area (Å²) in [5, 5.41) is 2.72. The number of nitrogens with zero attached hydrogens (tertiary/aromatic N) is 5. The first kappa shape index (κ1) is 16.3. The van der Waals surface area contributed by atoms with Crippen LogP contribution in [0, 0.1) is 11.9 Å². The molecule has 0 atom stereocenters. The van der Waals surface area contributed by atoms with Gasteiger partial charge in [-0.05, 0) is 12.1 Å². The molecule has 0 spiro atoms. The van der Waals surface area contributed by atoms with Gasteiger partial charge in [-0.3, -0.25) is 0 Å². The maximum Gasteiger partial charge on any atom is 0.216 e. The molecule has 4 heterocycles. The highest BCUT2D eigenvalue weighted by Gasteiger charge is 2.22. The molecule has 0 saturated carbocycles. The van der Waals surface area contributed by atoms with E-state index in [1.54, 1.807) is 6.33 Å². The van der Waals surface area contributed by atoms with Gasteiger partial charge in [0.25, 0.3) is 0 Å². The van der Waals surface area contributed by atoms with E-state index in [9.17, 15) is 8.78 Å². The third kappa shape index (κ3) is 3.07. The Labute approximate surface area is 148 Å². The van der Waals surface area contributed by atoms with Gasteiger partial charge < -0.3 is 9.80 Å². The van der Waals surface area contributed by atoms with Gasteiger partial charge in [-0.1, -0.05) is 6.92 Å². The van der Waals surface area contributed by atoms with Crippen molar-refractivity contribution in [3.05, 3.63) is 35.7 Å². The first-order valence-corrected chi connectivity index (χ1v) is 9.06. The summed E-state index contributed by atoms with van der Waals surface area (Å²) in [6.07, 6.45) is 1.55. The number of fused-ring (bicyclic) bond motifs is 1. The van der Waals surface area contributed by atoms with Gasteiger partial charge in [-0.25, -0.2) is 9.97 Å². The lowest BCUT2D eigenvalue weighted by Gasteiger charge is -2.35. The van der Waals surface area contributed by atoms with E-state index in [-0.39, 0.29) is 0 Å². The Kier molecular flexibility index (Phi) is 4.30. The molecule has 4 rings (SSSR count). The molecule has 1 aliphatic heterocycles. The topological polar surface area (TPSA) is 45.2 Å². The van der Waals surface area contributed by atoms with Crippen LogP contribution >= 0.6 is 11.3 Å². The van der Waals surface area contributed by atoms with Crippen LogP contribution in [-0.4, -0.2) is 52.6 Å². The number of rotatable bonds is 3.